The van der Waals surface area contributed by atoms with E-state index in [0.29, 0.717) is 5.56 Å². The van der Waals surface area contributed by atoms with E-state index in [-0.39, 0.29) is 12.4 Å². The summed E-state index contributed by atoms with van der Waals surface area (Å²) in [4.78, 5) is 1.18. The summed E-state index contributed by atoms with van der Waals surface area (Å²) in [5, 5.41) is 8.75. The minimum absolute atomic E-state index is 0.221. The molecule has 0 saturated heterocycles. The van der Waals surface area contributed by atoms with Gasteiger partial charge in [-0.2, -0.15) is 0 Å². The smallest absolute Gasteiger partial charge is 0.124 e. The van der Waals surface area contributed by atoms with Crippen LogP contribution >= 0.6 is 11.8 Å². The lowest BCUT2D eigenvalue weighted by Crippen LogP contribution is -1.90. The Morgan fingerprint density at radius 2 is 2.05 bits per heavy atom. The van der Waals surface area contributed by atoms with Gasteiger partial charge in [-0.15, -0.1) is 11.8 Å². The first-order valence-corrected chi connectivity index (χ1v) is 7.25. The highest BCUT2D eigenvalue weighted by Gasteiger charge is 2.03. The topological polar surface area (TPSA) is 20.2 Å². The zero-order valence-corrected chi connectivity index (χ0v) is 12.0. The van der Waals surface area contributed by atoms with Crippen molar-refractivity contribution in [2.45, 2.75) is 17.6 Å². The molecule has 0 saturated carbocycles. The van der Waals surface area contributed by atoms with Crippen molar-refractivity contribution >= 4 is 11.8 Å². The van der Waals surface area contributed by atoms with Gasteiger partial charge in [-0.1, -0.05) is 35.6 Å². The van der Waals surface area contributed by atoms with E-state index in [1.54, 1.807) is 17.8 Å². The maximum atomic E-state index is 13.3. The number of halogens is 1. The van der Waals surface area contributed by atoms with Crippen molar-refractivity contribution in [2.24, 2.45) is 0 Å². The first-order chi connectivity index (χ1) is 9.69. The number of thioether (sulfide) groups is 1. The monoisotopic (exact) mass is 286 g/mol. The molecule has 0 radical (unpaired) electrons. The lowest BCUT2D eigenvalue weighted by atomic mass is 10.1. The van der Waals surface area contributed by atoms with Crippen LogP contribution in [0.3, 0.4) is 0 Å². The van der Waals surface area contributed by atoms with Crippen LogP contribution in [0.15, 0.2) is 47.4 Å². The number of aliphatic hydroxyl groups excluding tert-OH is 1. The summed E-state index contributed by atoms with van der Waals surface area (Å²) in [5.41, 5.74) is 2.83. The van der Waals surface area contributed by atoms with Gasteiger partial charge in [-0.05, 0) is 36.8 Å². The third-order valence-corrected chi connectivity index (χ3v) is 3.80. The Labute approximate surface area is 122 Å². The molecular formula is C17H15FOS. The van der Waals surface area contributed by atoms with Crippen LogP contribution in [0.5, 0.6) is 0 Å². The molecule has 2 rings (SSSR count). The second-order valence-corrected chi connectivity index (χ2v) is 5.42. The SMILES string of the molecule is Cc1cccc(SCc2ccc(F)cc2C#CCO)c1. The highest BCUT2D eigenvalue weighted by atomic mass is 32.2. The molecule has 0 bridgehead atoms. The van der Waals surface area contributed by atoms with E-state index in [4.69, 9.17) is 5.11 Å². The average Bonchev–Trinajstić information content (AvgIpc) is 2.44. The number of benzene rings is 2. The predicted molar refractivity (Wildman–Crippen MR) is 81.1 cm³/mol. The van der Waals surface area contributed by atoms with Gasteiger partial charge in [-0.3, -0.25) is 0 Å². The maximum absolute atomic E-state index is 13.3. The summed E-state index contributed by atoms with van der Waals surface area (Å²) in [7, 11) is 0. The van der Waals surface area contributed by atoms with Crippen LogP contribution in [0.4, 0.5) is 4.39 Å². The van der Waals surface area contributed by atoms with E-state index in [1.165, 1.54) is 22.6 Å². The van der Waals surface area contributed by atoms with Crippen LogP contribution in [-0.2, 0) is 5.75 Å². The molecule has 0 unspecified atom stereocenters. The van der Waals surface area contributed by atoms with Crippen LogP contribution < -0.4 is 0 Å². The van der Waals surface area contributed by atoms with Gasteiger partial charge in [0.05, 0.1) is 0 Å². The molecule has 0 spiro atoms. The Hall–Kier alpha value is -1.76. The van der Waals surface area contributed by atoms with Gasteiger partial charge in [0.25, 0.3) is 0 Å². The van der Waals surface area contributed by atoms with E-state index in [2.05, 4.69) is 37.0 Å². The summed E-state index contributed by atoms with van der Waals surface area (Å²) in [6, 6.07) is 12.9. The van der Waals surface area contributed by atoms with Crippen molar-refractivity contribution in [1.82, 2.24) is 0 Å². The van der Waals surface area contributed by atoms with Crippen molar-refractivity contribution in [3.8, 4) is 11.8 Å². The van der Waals surface area contributed by atoms with Gasteiger partial charge < -0.3 is 5.11 Å². The highest BCUT2D eigenvalue weighted by Crippen LogP contribution is 2.25. The summed E-state index contributed by atoms with van der Waals surface area (Å²) >= 11 is 1.69. The zero-order valence-electron chi connectivity index (χ0n) is 11.2. The zero-order chi connectivity index (χ0) is 14.4. The summed E-state index contributed by atoms with van der Waals surface area (Å²) < 4.78 is 13.3. The van der Waals surface area contributed by atoms with Crippen LogP contribution in [0.25, 0.3) is 0 Å². The minimum Gasteiger partial charge on any atom is -0.384 e. The Morgan fingerprint density at radius 1 is 1.20 bits per heavy atom. The molecule has 0 aliphatic heterocycles. The van der Waals surface area contributed by atoms with Crippen molar-refractivity contribution in [3.63, 3.8) is 0 Å². The quantitative estimate of drug-likeness (QED) is 0.684. The van der Waals surface area contributed by atoms with Gasteiger partial charge in [-0.25, -0.2) is 4.39 Å². The molecular weight excluding hydrogens is 271 g/mol. The lowest BCUT2D eigenvalue weighted by molar-refractivity contribution is 0.350. The van der Waals surface area contributed by atoms with Gasteiger partial charge in [0.2, 0.25) is 0 Å². The summed E-state index contributed by atoms with van der Waals surface area (Å²) in [5.74, 6) is 5.78. The van der Waals surface area contributed by atoms with Crippen LogP contribution in [0.1, 0.15) is 16.7 Å². The normalized spacial score (nSPS) is 9.95. The first-order valence-electron chi connectivity index (χ1n) is 6.26. The van der Waals surface area contributed by atoms with E-state index in [9.17, 15) is 4.39 Å². The van der Waals surface area contributed by atoms with Gasteiger partial charge in [0.15, 0.2) is 0 Å². The maximum Gasteiger partial charge on any atom is 0.124 e. The van der Waals surface area contributed by atoms with E-state index < -0.39 is 0 Å². The molecule has 102 valence electrons. The van der Waals surface area contributed by atoms with Crippen molar-refractivity contribution in [3.05, 3.63) is 65.0 Å². The molecule has 1 N–H and O–H groups in total. The first kappa shape index (κ1) is 14.6. The number of rotatable bonds is 3. The van der Waals surface area contributed by atoms with E-state index in [1.807, 2.05) is 6.07 Å². The molecule has 20 heavy (non-hydrogen) atoms. The molecule has 2 aromatic carbocycles. The molecule has 0 aliphatic rings. The van der Waals surface area contributed by atoms with Crippen LogP contribution in [0, 0.1) is 24.6 Å². The third-order valence-electron chi connectivity index (χ3n) is 2.76. The standard InChI is InChI=1S/C17H15FOS/c1-13-4-2-6-17(10-13)20-12-15-7-8-16(18)11-14(15)5-3-9-19/h2,4,6-8,10-11,19H,9,12H2,1H3. The summed E-state index contributed by atoms with van der Waals surface area (Å²) in [6.07, 6.45) is 0. The number of hydrogen-bond donors (Lipinski definition) is 1. The fraction of sp³-hybridized carbons (Fsp3) is 0.176. The van der Waals surface area contributed by atoms with Gasteiger partial charge in [0, 0.05) is 16.2 Å². The largest absolute Gasteiger partial charge is 0.384 e. The van der Waals surface area contributed by atoms with Crippen molar-refractivity contribution < 1.29 is 9.50 Å². The number of aryl methyl sites for hydroxylation is 1. The average molecular weight is 286 g/mol. The molecule has 2 aromatic rings. The molecule has 1 nitrogen and oxygen atoms in total. The molecule has 0 heterocycles. The number of aliphatic hydroxyl groups is 1. The fourth-order valence-electron chi connectivity index (χ4n) is 1.79. The minimum atomic E-state index is -0.309. The summed E-state index contributed by atoms with van der Waals surface area (Å²) in [6.45, 7) is 1.83. The second-order valence-electron chi connectivity index (χ2n) is 4.37. The fourth-order valence-corrected chi connectivity index (χ4v) is 2.81. The third kappa shape index (κ3) is 4.12. The van der Waals surface area contributed by atoms with Gasteiger partial charge >= 0.3 is 0 Å². The molecule has 0 amide bonds. The molecule has 0 fully saturated rings. The lowest BCUT2D eigenvalue weighted by Gasteiger charge is -2.06. The Morgan fingerprint density at radius 3 is 2.80 bits per heavy atom. The molecule has 3 heteroatoms. The second kappa shape index (κ2) is 7.14. The number of hydrogen-bond acceptors (Lipinski definition) is 2. The van der Waals surface area contributed by atoms with E-state index >= 15 is 0 Å². The van der Waals surface area contributed by atoms with Crippen molar-refractivity contribution in [1.29, 1.82) is 0 Å². The van der Waals surface area contributed by atoms with Gasteiger partial charge in [0.1, 0.15) is 12.4 Å². The molecule has 0 atom stereocenters. The Kier molecular flexibility index (Phi) is 5.23. The molecule has 0 aliphatic carbocycles. The van der Waals surface area contributed by atoms with E-state index in [0.717, 1.165) is 11.3 Å². The van der Waals surface area contributed by atoms with Crippen LogP contribution in [0.2, 0.25) is 0 Å². The predicted octanol–water partition coefficient (Wildman–Crippen LogP) is 3.77. The molecule has 0 aromatic heterocycles. The Bertz CT molecular complexity index is 656. The van der Waals surface area contributed by atoms with Crippen LogP contribution in [-0.4, -0.2) is 11.7 Å². The highest BCUT2D eigenvalue weighted by molar-refractivity contribution is 7.98. The Balaban J connectivity index is 2.16. The van der Waals surface area contributed by atoms with Crippen molar-refractivity contribution in [2.75, 3.05) is 6.61 Å².